The summed E-state index contributed by atoms with van der Waals surface area (Å²) >= 11 is 0. The summed E-state index contributed by atoms with van der Waals surface area (Å²) in [5, 5.41) is 4.75. The van der Waals surface area contributed by atoms with E-state index in [1.165, 1.54) is 6.33 Å². The molecule has 0 amide bonds. The Bertz CT molecular complexity index is 1250. The van der Waals surface area contributed by atoms with Crippen LogP contribution in [0.4, 0.5) is 5.82 Å². The van der Waals surface area contributed by atoms with E-state index in [0.29, 0.717) is 29.9 Å². The van der Waals surface area contributed by atoms with Crippen molar-refractivity contribution in [2.75, 3.05) is 25.2 Å². The monoisotopic (exact) mass is 418 g/mol. The van der Waals surface area contributed by atoms with E-state index in [9.17, 15) is 4.79 Å². The molecule has 1 unspecified atom stereocenters. The lowest BCUT2D eigenvalue weighted by Crippen LogP contribution is -2.33. The number of methoxy groups -OCH3 is 1. The Hall–Kier alpha value is -3.66. The van der Waals surface area contributed by atoms with Crippen LogP contribution in [0.2, 0.25) is 0 Å². The third kappa shape index (κ3) is 3.55. The predicted octanol–water partition coefficient (Wildman–Crippen LogP) is 1.76. The van der Waals surface area contributed by atoms with Crippen LogP contribution in [-0.4, -0.2) is 54.5 Å². The fraction of sp³-hybridized carbons (Fsp3) is 0.333. The summed E-state index contributed by atoms with van der Waals surface area (Å²) in [6.07, 6.45) is 8.26. The van der Waals surface area contributed by atoms with Crippen LogP contribution in [0.25, 0.3) is 16.7 Å². The lowest BCUT2D eigenvalue weighted by atomic mass is 10.1. The molecule has 1 saturated heterocycles. The van der Waals surface area contributed by atoms with Gasteiger partial charge in [-0.25, -0.2) is 19.6 Å². The van der Waals surface area contributed by atoms with Crippen molar-refractivity contribution in [3.63, 3.8) is 0 Å². The molecule has 10 nitrogen and oxygen atoms in total. The molecule has 0 aliphatic carbocycles. The molecule has 4 aromatic rings. The number of ether oxygens (including phenoxy) is 1. The van der Waals surface area contributed by atoms with Crippen LogP contribution in [0.5, 0.6) is 0 Å². The van der Waals surface area contributed by atoms with E-state index in [1.807, 2.05) is 24.3 Å². The molecule has 5 rings (SSSR count). The van der Waals surface area contributed by atoms with Crippen LogP contribution < -0.4 is 10.5 Å². The van der Waals surface area contributed by atoms with Gasteiger partial charge in [0, 0.05) is 13.7 Å². The molecule has 158 valence electrons. The molecule has 1 aromatic carbocycles. The zero-order valence-electron chi connectivity index (χ0n) is 17.1. The normalized spacial score (nSPS) is 16.3. The topological polar surface area (TPSA) is 104 Å². The van der Waals surface area contributed by atoms with Gasteiger partial charge in [0.25, 0.3) is 5.56 Å². The molecule has 1 fully saturated rings. The van der Waals surface area contributed by atoms with Crippen molar-refractivity contribution in [1.29, 1.82) is 0 Å². The zero-order chi connectivity index (χ0) is 21.2. The van der Waals surface area contributed by atoms with E-state index in [4.69, 9.17) is 14.7 Å². The van der Waals surface area contributed by atoms with Crippen molar-refractivity contribution in [3.05, 3.63) is 65.5 Å². The van der Waals surface area contributed by atoms with Crippen molar-refractivity contribution < 1.29 is 4.74 Å². The molecular weight excluding hydrogens is 396 g/mol. The highest BCUT2D eigenvalue weighted by Gasteiger charge is 2.31. The molecule has 0 bridgehead atoms. The molecule has 1 atom stereocenters. The third-order valence-electron chi connectivity index (χ3n) is 5.52. The van der Waals surface area contributed by atoms with E-state index >= 15 is 0 Å². The van der Waals surface area contributed by atoms with E-state index in [0.717, 1.165) is 31.0 Å². The largest absolute Gasteiger partial charge is 0.383 e. The van der Waals surface area contributed by atoms with Crippen LogP contribution in [0.1, 0.15) is 24.7 Å². The lowest BCUT2D eigenvalue weighted by Gasteiger charge is -2.27. The number of benzene rings is 1. The van der Waals surface area contributed by atoms with Gasteiger partial charge in [-0.3, -0.25) is 14.3 Å². The van der Waals surface area contributed by atoms with Crippen LogP contribution in [0.15, 0.2) is 54.1 Å². The van der Waals surface area contributed by atoms with Crippen molar-refractivity contribution in [2.24, 2.45) is 0 Å². The molecule has 0 N–H and O–H groups in total. The van der Waals surface area contributed by atoms with Gasteiger partial charge in [-0.05, 0) is 25.0 Å². The highest BCUT2D eigenvalue weighted by atomic mass is 16.5. The van der Waals surface area contributed by atoms with Gasteiger partial charge < -0.3 is 9.64 Å². The Kier molecular flexibility index (Phi) is 5.13. The maximum Gasteiger partial charge on any atom is 0.261 e. The summed E-state index contributed by atoms with van der Waals surface area (Å²) in [4.78, 5) is 33.4. The molecule has 3 aromatic heterocycles. The zero-order valence-corrected chi connectivity index (χ0v) is 17.1. The fourth-order valence-electron chi connectivity index (χ4n) is 4.07. The Morgan fingerprint density at radius 1 is 1.13 bits per heavy atom. The fourth-order valence-corrected chi connectivity index (χ4v) is 4.07. The van der Waals surface area contributed by atoms with Crippen molar-refractivity contribution >= 4 is 16.7 Å². The Labute approximate surface area is 178 Å². The number of aromatic nitrogens is 7. The van der Waals surface area contributed by atoms with E-state index in [1.54, 1.807) is 35.1 Å². The first-order valence-corrected chi connectivity index (χ1v) is 10.2. The van der Waals surface area contributed by atoms with Gasteiger partial charge in [-0.15, -0.1) is 0 Å². The highest BCUT2D eigenvalue weighted by molar-refractivity contribution is 5.77. The van der Waals surface area contributed by atoms with Gasteiger partial charge in [0.05, 0.1) is 42.5 Å². The summed E-state index contributed by atoms with van der Waals surface area (Å²) in [5.74, 6) is 2.03. The standard InChI is InChI=1S/C21H22N8O2/c1-31-10-9-28-20(25-16-6-3-2-5-15(16)21(28)30)17-7-4-8-27(17)18-11-22-12-19(26-18)29-14-23-13-24-29/h2-3,5-6,11-14,17H,4,7-10H2,1H3. The number of fused-ring (bicyclic) bond motifs is 1. The average Bonchev–Trinajstić information content (AvgIpc) is 3.51. The number of hydrogen-bond acceptors (Lipinski definition) is 8. The van der Waals surface area contributed by atoms with Gasteiger partial charge >= 0.3 is 0 Å². The minimum atomic E-state index is -0.0885. The summed E-state index contributed by atoms with van der Waals surface area (Å²) < 4.78 is 8.57. The summed E-state index contributed by atoms with van der Waals surface area (Å²) in [6.45, 7) is 1.67. The first-order chi connectivity index (χ1) is 15.3. The van der Waals surface area contributed by atoms with Crippen molar-refractivity contribution in [2.45, 2.75) is 25.4 Å². The van der Waals surface area contributed by atoms with Gasteiger partial charge in [0.2, 0.25) is 0 Å². The quantitative estimate of drug-likeness (QED) is 0.467. The molecule has 31 heavy (non-hydrogen) atoms. The van der Waals surface area contributed by atoms with Crippen LogP contribution in [-0.2, 0) is 11.3 Å². The molecule has 4 heterocycles. The summed E-state index contributed by atoms with van der Waals surface area (Å²) in [7, 11) is 1.63. The summed E-state index contributed by atoms with van der Waals surface area (Å²) in [6, 6.07) is 7.37. The van der Waals surface area contributed by atoms with Crippen molar-refractivity contribution in [3.8, 4) is 5.82 Å². The Morgan fingerprint density at radius 2 is 2.00 bits per heavy atom. The minimum Gasteiger partial charge on any atom is -0.383 e. The van der Waals surface area contributed by atoms with Gasteiger partial charge in [0.1, 0.15) is 24.3 Å². The molecule has 0 saturated carbocycles. The Morgan fingerprint density at radius 3 is 2.84 bits per heavy atom. The van der Waals surface area contributed by atoms with Crippen LogP contribution >= 0.6 is 0 Å². The summed E-state index contributed by atoms with van der Waals surface area (Å²) in [5.41, 5.74) is 0.650. The number of anilines is 1. The number of hydrogen-bond donors (Lipinski definition) is 0. The number of nitrogens with zero attached hydrogens (tertiary/aromatic N) is 8. The molecule has 1 aliphatic rings. The minimum absolute atomic E-state index is 0.0491. The second-order valence-electron chi connectivity index (χ2n) is 7.36. The van der Waals surface area contributed by atoms with Crippen molar-refractivity contribution in [1.82, 2.24) is 34.3 Å². The van der Waals surface area contributed by atoms with Crippen LogP contribution in [0, 0.1) is 0 Å². The lowest BCUT2D eigenvalue weighted by molar-refractivity contribution is 0.184. The third-order valence-corrected chi connectivity index (χ3v) is 5.52. The second kappa shape index (κ2) is 8.23. The number of rotatable bonds is 6. The average molecular weight is 418 g/mol. The molecule has 0 radical (unpaired) electrons. The van der Waals surface area contributed by atoms with Gasteiger partial charge in [-0.1, -0.05) is 12.1 Å². The van der Waals surface area contributed by atoms with Gasteiger partial charge in [0.15, 0.2) is 5.82 Å². The van der Waals surface area contributed by atoms with E-state index < -0.39 is 0 Å². The molecule has 0 spiro atoms. The molecule has 1 aliphatic heterocycles. The van der Waals surface area contributed by atoms with Gasteiger partial charge in [-0.2, -0.15) is 5.10 Å². The first-order valence-electron chi connectivity index (χ1n) is 10.2. The SMILES string of the molecule is COCCn1c(C2CCCN2c2cncc(-n3cncn3)n2)nc2ccccc2c1=O. The van der Waals surface area contributed by atoms with E-state index in [2.05, 4.69) is 20.0 Å². The number of para-hydroxylation sites is 1. The maximum absolute atomic E-state index is 13.3. The maximum atomic E-state index is 13.3. The Balaban J connectivity index is 1.59. The molecular formula is C21H22N8O2. The first kappa shape index (κ1) is 19.3. The van der Waals surface area contributed by atoms with E-state index in [-0.39, 0.29) is 11.6 Å². The second-order valence-corrected chi connectivity index (χ2v) is 7.36. The highest BCUT2D eigenvalue weighted by Crippen LogP contribution is 2.34. The smallest absolute Gasteiger partial charge is 0.261 e. The predicted molar refractivity (Wildman–Crippen MR) is 114 cm³/mol. The molecule has 10 heteroatoms. The van der Waals surface area contributed by atoms with Crippen LogP contribution in [0.3, 0.4) is 0 Å².